The van der Waals surface area contributed by atoms with Gasteiger partial charge < -0.3 is 15.8 Å². The van der Waals surface area contributed by atoms with Crippen molar-refractivity contribution in [2.24, 2.45) is 0 Å². The Hall–Kier alpha value is -2.44. The zero-order valence-electron chi connectivity index (χ0n) is 11.0. The first-order chi connectivity index (χ1) is 9.95. The highest BCUT2D eigenvalue weighted by atomic mass is 19.4. The largest absolute Gasteiger partial charge is 0.492 e. The minimum absolute atomic E-state index is 0.154. The van der Waals surface area contributed by atoms with Gasteiger partial charge in [0.05, 0.1) is 12.1 Å². The highest BCUT2D eigenvalue weighted by Gasteiger charge is 2.30. The van der Waals surface area contributed by atoms with E-state index in [0.29, 0.717) is 18.0 Å². The van der Waals surface area contributed by atoms with Crippen LogP contribution >= 0.6 is 0 Å². The fourth-order valence-electron chi connectivity index (χ4n) is 1.66. The first-order valence-electron chi connectivity index (χ1n) is 6.20. The van der Waals surface area contributed by atoms with E-state index in [4.69, 9.17) is 10.5 Å². The van der Waals surface area contributed by atoms with Gasteiger partial charge in [-0.3, -0.25) is 0 Å². The van der Waals surface area contributed by atoms with Crippen LogP contribution in [0.5, 0.6) is 5.75 Å². The molecule has 0 amide bonds. The van der Waals surface area contributed by atoms with Crippen LogP contribution in [0.3, 0.4) is 0 Å². The molecule has 0 saturated heterocycles. The number of aromatic nitrogens is 1. The number of rotatable bonds is 5. The first-order valence-corrected chi connectivity index (χ1v) is 6.20. The predicted molar refractivity (Wildman–Crippen MR) is 74.1 cm³/mol. The molecule has 1 aromatic carbocycles. The number of nitrogens with two attached hydrogens (primary N) is 1. The molecule has 0 atom stereocenters. The molecule has 7 heteroatoms. The molecule has 0 radical (unpaired) electrons. The van der Waals surface area contributed by atoms with E-state index >= 15 is 0 Å². The minimum Gasteiger partial charge on any atom is -0.492 e. The van der Waals surface area contributed by atoms with E-state index in [2.05, 4.69) is 10.3 Å². The van der Waals surface area contributed by atoms with Gasteiger partial charge in [-0.25, -0.2) is 4.98 Å². The van der Waals surface area contributed by atoms with Gasteiger partial charge in [-0.05, 0) is 24.3 Å². The Balaban J connectivity index is 1.84. The maximum absolute atomic E-state index is 12.5. The lowest BCUT2D eigenvalue weighted by Gasteiger charge is -2.10. The second kappa shape index (κ2) is 6.34. The van der Waals surface area contributed by atoms with Crippen LogP contribution in [0.15, 0.2) is 42.6 Å². The number of alkyl halides is 3. The average Bonchev–Trinajstić information content (AvgIpc) is 2.43. The van der Waals surface area contributed by atoms with E-state index in [1.807, 2.05) is 0 Å². The van der Waals surface area contributed by atoms with Crippen LogP contribution in [-0.4, -0.2) is 18.1 Å². The summed E-state index contributed by atoms with van der Waals surface area (Å²) in [6.07, 6.45) is -3.26. The number of anilines is 2. The molecule has 0 spiro atoms. The van der Waals surface area contributed by atoms with Crippen molar-refractivity contribution in [3.63, 3.8) is 0 Å². The van der Waals surface area contributed by atoms with Crippen LogP contribution < -0.4 is 15.8 Å². The average molecular weight is 297 g/mol. The summed E-state index contributed by atoms with van der Waals surface area (Å²) in [5.41, 5.74) is 5.44. The molecule has 0 aliphatic heterocycles. The Kier molecular flexibility index (Phi) is 4.52. The number of nitrogens with one attached hydrogen (secondary N) is 1. The van der Waals surface area contributed by atoms with E-state index in [1.165, 1.54) is 0 Å². The number of halogens is 3. The number of nitrogens with zero attached hydrogens (tertiary/aromatic N) is 1. The summed E-state index contributed by atoms with van der Waals surface area (Å²) >= 11 is 0. The van der Waals surface area contributed by atoms with Gasteiger partial charge in [0.1, 0.15) is 18.2 Å². The first kappa shape index (κ1) is 15.0. The van der Waals surface area contributed by atoms with Gasteiger partial charge in [0, 0.05) is 18.0 Å². The zero-order valence-corrected chi connectivity index (χ0v) is 11.0. The smallest absolute Gasteiger partial charge is 0.416 e. The van der Waals surface area contributed by atoms with Gasteiger partial charge in [-0.1, -0.05) is 6.07 Å². The lowest BCUT2D eigenvalue weighted by molar-refractivity contribution is -0.137. The Labute approximate surface area is 119 Å². The highest BCUT2D eigenvalue weighted by molar-refractivity contribution is 5.43. The SMILES string of the molecule is Nc1cccc(OCCNc2cc(C(F)(F)F)ccn2)c1. The van der Waals surface area contributed by atoms with Crippen LogP contribution in [0, 0.1) is 0 Å². The number of hydrogen-bond donors (Lipinski definition) is 2. The van der Waals surface area contributed by atoms with Gasteiger partial charge in [-0.15, -0.1) is 0 Å². The minimum atomic E-state index is -4.38. The molecule has 1 aromatic heterocycles. The van der Waals surface area contributed by atoms with Crippen molar-refractivity contribution >= 4 is 11.5 Å². The molecule has 0 aliphatic carbocycles. The van der Waals surface area contributed by atoms with Gasteiger partial charge in [0.25, 0.3) is 0 Å². The van der Waals surface area contributed by atoms with Crippen LogP contribution in [0.2, 0.25) is 0 Å². The Morgan fingerprint density at radius 3 is 2.71 bits per heavy atom. The molecule has 21 heavy (non-hydrogen) atoms. The number of ether oxygens (including phenoxy) is 1. The van der Waals surface area contributed by atoms with Crippen molar-refractivity contribution in [2.75, 3.05) is 24.2 Å². The quantitative estimate of drug-likeness (QED) is 0.657. The molecular formula is C14H14F3N3O. The molecule has 112 valence electrons. The molecule has 0 unspecified atom stereocenters. The molecular weight excluding hydrogens is 283 g/mol. The summed E-state index contributed by atoms with van der Waals surface area (Å²) in [7, 11) is 0. The van der Waals surface area contributed by atoms with Crippen molar-refractivity contribution < 1.29 is 17.9 Å². The lowest BCUT2D eigenvalue weighted by Crippen LogP contribution is -2.13. The molecule has 3 N–H and O–H groups in total. The van der Waals surface area contributed by atoms with Crippen molar-refractivity contribution in [2.45, 2.75) is 6.18 Å². The van der Waals surface area contributed by atoms with E-state index < -0.39 is 11.7 Å². The van der Waals surface area contributed by atoms with Crippen LogP contribution in [0.4, 0.5) is 24.7 Å². The third-order valence-electron chi connectivity index (χ3n) is 2.62. The number of pyridine rings is 1. The summed E-state index contributed by atoms with van der Waals surface area (Å²) in [6.45, 7) is 0.602. The maximum Gasteiger partial charge on any atom is 0.416 e. The topological polar surface area (TPSA) is 60.2 Å². The van der Waals surface area contributed by atoms with Gasteiger partial charge in [0.15, 0.2) is 0 Å². The standard InChI is InChI=1S/C14H14F3N3O/c15-14(16,17)10-4-5-19-13(8-10)20-6-7-21-12-3-1-2-11(18)9-12/h1-5,8-9H,6-7,18H2,(H,19,20). The summed E-state index contributed by atoms with van der Waals surface area (Å²) < 4.78 is 43.0. The number of benzene rings is 1. The van der Waals surface area contributed by atoms with Gasteiger partial charge >= 0.3 is 6.18 Å². The van der Waals surface area contributed by atoms with Crippen molar-refractivity contribution in [1.29, 1.82) is 0 Å². The van der Waals surface area contributed by atoms with Crippen LogP contribution in [0.1, 0.15) is 5.56 Å². The van der Waals surface area contributed by atoms with Gasteiger partial charge in [-0.2, -0.15) is 13.2 Å². The third kappa shape index (κ3) is 4.55. The fraction of sp³-hybridized carbons (Fsp3) is 0.214. The Morgan fingerprint density at radius 1 is 1.19 bits per heavy atom. The highest BCUT2D eigenvalue weighted by Crippen LogP contribution is 2.29. The molecule has 1 heterocycles. The van der Waals surface area contributed by atoms with Gasteiger partial charge in [0.2, 0.25) is 0 Å². The molecule has 4 nitrogen and oxygen atoms in total. The van der Waals surface area contributed by atoms with Crippen molar-refractivity contribution in [1.82, 2.24) is 4.98 Å². The Morgan fingerprint density at radius 2 is 2.00 bits per heavy atom. The normalized spacial score (nSPS) is 11.2. The second-order valence-electron chi connectivity index (χ2n) is 4.28. The molecule has 0 fully saturated rings. The summed E-state index contributed by atoms with van der Waals surface area (Å²) in [5.74, 6) is 0.759. The Bertz CT molecular complexity index is 602. The third-order valence-corrected chi connectivity index (χ3v) is 2.62. The second-order valence-corrected chi connectivity index (χ2v) is 4.28. The van der Waals surface area contributed by atoms with E-state index in [1.54, 1.807) is 24.3 Å². The monoisotopic (exact) mass is 297 g/mol. The summed E-state index contributed by atoms with van der Waals surface area (Å²) in [4.78, 5) is 3.82. The molecule has 0 bridgehead atoms. The van der Waals surface area contributed by atoms with Crippen LogP contribution in [0.25, 0.3) is 0 Å². The van der Waals surface area contributed by atoms with Crippen LogP contribution in [-0.2, 0) is 6.18 Å². The lowest BCUT2D eigenvalue weighted by atomic mass is 10.2. The zero-order chi connectivity index (χ0) is 15.3. The maximum atomic E-state index is 12.5. The van der Waals surface area contributed by atoms with Crippen molar-refractivity contribution in [3.05, 3.63) is 48.2 Å². The number of nitrogen functional groups attached to an aromatic ring is 1. The molecule has 2 rings (SSSR count). The van der Waals surface area contributed by atoms with E-state index in [-0.39, 0.29) is 12.4 Å². The van der Waals surface area contributed by atoms with E-state index in [9.17, 15) is 13.2 Å². The molecule has 2 aromatic rings. The molecule has 0 aliphatic rings. The summed E-state index contributed by atoms with van der Waals surface area (Å²) in [5, 5.41) is 2.77. The summed E-state index contributed by atoms with van der Waals surface area (Å²) in [6, 6.07) is 8.79. The van der Waals surface area contributed by atoms with Crippen molar-refractivity contribution in [3.8, 4) is 5.75 Å². The number of hydrogen-bond acceptors (Lipinski definition) is 4. The fourth-order valence-corrected chi connectivity index (χ4v) is 1.66. The van der Waals surface area contributed by atoms with E-state index in [0.717, 1.165) is 18.3 Å². The molecule has 0 saturated carbocycles. The predicted octanol–water partition coefficient (Wildman–Crippen LogP) is 3.17.